The summed E-state index contributed by atoms with van der Waals surface area (Å²) in [4.78, 5) is 135. The minimum Gasteiger partial charge on any atom is -0.459 e. The highest BCUT2D eigenvalue weighted by Gasteiger charge is 2.64. The molecule has 0 fully saturated rings. The van der Waals surface area contributed by atoms with E-state index < -0.39 is 126 Å². The summed E-state index contributed by atoms with van der Waals surface area (Å²) in [7, 11) is 0.690. The molecule has 5 amide bonds. The number of amides is 5. The molecule has 3 aromatic carbocycles. The van der Waals surface area contributed by atoms with Crippen LogP contribution in [0.3, 0.4) is 0 Å². The first-order valence-electron chi connectivity index (χ1n) is 26.6. The minimum atomic E-state index is -5.35. The topological polar surface area (TPSA) is 305 Å². The highest BCUT2D eigenvalue weighted by Crippen LogP contribution is 2.50. The lowest BCUT2D eigenvalue weighted by molar-refractivity contribution is -0.278. The summed E-state index contributed by atoms with van der Waals surface area (Å²) >= 11 is 0. The van der Waals surface area contributed by atoms with E-state index in [4.69, 9.17) is 35.2 Å². The predicted octanol–water partition coefficient (Wildman–Crippen LogP) is 6.96. The van der Waals surface area contributed by atoms with Crippen LogP contribution in [0.1, 0.15) is 158 Å². The van der Waals surface area contributed by atoms with Crippen molar-refractivity contribution >= 4 is 64.8 Å². The summed E-state index contributed by atoms with van der Waals surface area (Å²) < 4.78 is 72.1. The van der Waals surface area contributed by atoms with E-state index in [1.54, 1.807) is 20.8 Å². The third-order valence-electron chi connectivity index (χ3n) is 13.0. The molecular weight excluding hydrogens is 1060 g/mol. The molecule has 81 heavy (non-hydrogen) atoms. The number of ether oxygens (including phenoxy) is 5. The predicted molar refractivity (Wildman–Crippen MR) is 288 cm³/mol. The minimum absolute atomic E-state index is 0.00408. The number of carbonyl (C=O) groups excluding carboxylic acids is 10. The van der Waals surface area contributed by atoms with Crippen LogP contribution in [0.4, 0.5) is 13.2 Å². The lowest BCUT2D eigenvalue weighted by Crippen LogP contribution is -2.56. The molecule has 0 heterocycles. The standard InChI is InChI=1S/C58H72F3N5O15/c1-9-10-11-12-13-14-18-22-38(81-56(76)57(77-8,58(59,60)61)37-20-16-15-17-21-37)30-48(72)64-42(31-47(63)71)55(75)65-40(25-26-46(62)70)54(74)66-41(27-32(2)3)50-52(49-39(53(50)73)28-33(4)29-45(49)80-36(7)69)51-43(78-34(5)67)23-19-24-44(51)79-35(6)68/h15-17,19-21,23-24,28-29,32,38,40-42H,9-14,18,22,25-27,30-31H2,1-8H3,(H2,62,70)(H2,63,71)(H,64,72)(H,65,75)(H,66,74)/t38-,40+,41+,42+,57-/m1/s1. The number of primary amides is 2. The van der Waals surface area contributed by atoms with Crippen molar-refractivity contribution in [2.24, 2.45) is 17.4 Å². The largest absolute Gasteiger partial charge is 0.459 e. The van der Waals surface area contributed by atoms with Crippen molar-refractivity contribution in [3.05, 3.63) is 94.1 Å². The summed E-state index contributed by atoms with van der Waals surface area (Å²) in [5, 5.41) is 7.56. The van der Waals surface area contributed by atoms with Crippen molar-refractivity contribution in [2.75, 3.05) is 7.11 Å². The van der Waals surface area contributed by atoms with Gasteiger partial charge in [-0.3, -0.25) is 43.2 Å². The number of nitrogens with one attached hydrogen (secondary N) is 3. The number of benzene rings is 3. The van der Waals surface area contributed by atoms with Gasteiger partial charge in [0, 0.05) is 62.1 Å². The molecule has 0 saturated heterocycles. The fourth-order valence-corrected chi connectivity index (χ4v) is 9.49. The number of Topliss-reactive ketones (excluding diaryl/α,β-unsaturated/α-hetero) is 1. The second-order valence-corrected chi connectivity index (χ2v) is 20.2. The van der Waals surface area contributed by atoms with Gasteiger partial charge in [0.1, 0.15) is 35.4 Å². The van der Waals surface area contributed by atoms with Crippen LogP contribution >= 0.6 is 0 Å². The summed E-state index contributed by atoms with van der Waals surface area (Å²) in [5.74, 6) is -11.2. The molecule has 20 nitrogen and oxygen atoms in total. The molecule has 7 N–H and O–H groups in total. The Morgan fingerprint density at radius 2 is 1.22 bits per heavy atom. The molecule has 1 aliphatic carbocycles. The third kappa shape index (κ3) is 18.0. The van der Waals surface area contributed by atoms with E-state index in [2.05, 4.69) is 16.0 Å². The van der Waals surface area contributed by atoms with Crippen molar-refractivity contribution in [1.29, 1.82) is 0 Å². The van der Waals surface area contributed by atoms with Crippen molar-refractivity contribution in [2.45, 2.75) is 168 Å². The Kier molecular flexibility index (Phi) is 24.3. The van der Waals surface area contributed by atoms with Crippen LogP contribution in [0.25, 0.3) is 5.57 Å². The Labute approximate surface area is 467 Å². The SMILES string of the molecule is CCCCCCCCC[C@H](CC(=O)N[C@@H](CC(N)=O)C(=O)N[C@@H](CCC(N)=O)C(=O)N[C@@H](CC(C)C)C1=C(c2c(OC(C)=O)cccc2OC(C)=O)c2c(OC(C)=O)cc(C)cc2C1=O)OC(=O)[C@](OC)(c1ccccc1)C(F)(F)F. The maximum Gasteiger partial charge on any atom is 0.432 e. The van der Waals surface area contributed by atoms with E-state index in [1.165, 1.54) is 48.5 Å². The van der Waals surface area contributed by atoms with Crippen LogP contribution < -0.4 is 41.6 Å². The monoisotopic (exact) mass is 1140 g/mol. The molecular formula is C58H72F3N5O15. The Morgan fingerprint density at radius 3 is 1.75 bits per heavy atom. The van der Waals surface area contributed by atoms with Gasteiger partial charge >= 0.3 is 30.1 Å². The Hall–Kier alpha value is -7.95. The number of alkyl halides is 3. The van der Waals surface area contributed by atoms with Crippen LogP contribution in [-0.2, 0) is 58.2 Å². The molecule has 0 saturated carbocycles. The summed E-state index contributed by atoms with van der Waals surface area (Å²) in [5.41, 5.74) is 6.93. The molecule has 440 valence electrons. The van der Waals surface area contributed by atoms with Crippen LogP contribution in [0.15, 0.2) is 66.2 Å². The molecule has 23 heteroatoms. The number of hydrogen-bond acceptors (Lipinski definition) is 15. The first-order valence-corrected chi connectivity index (χ1v) is 26.6. The number of nitrogens with two attached hydrogens (primary N) is 2. The van der Waals surface area contributed by atoms with Gasteiger partial charge in [0.25, 0.3) is 5.60 Å². The molecule has 0 spiro atoms. The number of fused-ring (bicyclic) bond motifs is 1. The third-order valence-corrected chi connectivity index (χ3v) is 13.0. The van der Waals surface area contributed by atoms with Crippen LogP contribution in [-0.4, -0.2) is 96.7 Å². The number of hydrogen-bond donors (Lipinski definition) is 5. The molecule has 5 atom stereocenters. The maximum atomic E-state index is 15.1. The van der Waals surface area contributed by atoms with E-state index in [0.717, 1.165) is 65.0 Å². The molecule has 3 aromatic rings. The smallest absolute Gasteiger partial charge is 0.432 e. The lowest BCUT2D eigenvalue weighted by Gasteiger charge is -2.33. The first kappa shape index (κ1) is 65.6. The van der Waals surface area contributed by atoms with Crippen LogP contribution in [0.5, 0.6) is 17.2 Å². The number of unbranched alkanes of at least 4 members (excludes halogenated alkanes) is 6. The average molecular weight is 1140 g/mol. The second kappa shape index (κ2) is 30.0. The van der Waals surface area contributed by atoms with Crippen LogP contribution in [0, 0.1) is 12.8 Å². The number of halogens is 3. The molecule has 4 rings (SSSR count). The molecule has 0 aromatic heterocycles. The highest BCUT2D eigenvalue weighted by atomic mass is 19.4. The van der Waals surface area contributed by atoms with Gasteiger partial charge < -0.3 is 51.1 Å². The summed E-state index contributed by atoms with van der Waals surface area (Å²) in [6.07, 6.45) is -4.33. The van der Waals surface area contributed by atoms with Gasteiger partial charge in [0.15, 0.2) is 5.78 Å². The van der Waals surface area contributed by atoms with Gasteiger partial charge in [-0.05, 0) is 68.4 Å². The summed E-state index contributed by atoms with van der Waals surface area (Å²) in [6.45, 7) is 10.5. The van der Waals surface area contributed by atoms with Crippen LogP contribution in [0.2, 0.25) is 0 Å². The Morgan fingerprint density at radius 1 is 0.654 bits per heavy atom. The van der Waals surface area contributed by atoms with Crippen molar-refractivity contribution in [1.82, 2.24) is 16.0 Å². The zero-order valence-corrected chi connectivity index (χ0v) is 46.8. The van der Waals surface area contributed by atoms with Gasteiger partial charge in [-0.1, -0.05) is 95.7 Å². The Bertz CT molecular complexity index is 2820. The summed E-state index contributed by atoms with van der Waals surface area (Å²) in [6, 6.07) is 8.18. The highest BCUT2D eigenvalue weighted by molar-refractivity contribution is 6.25. The number of carbonyl (C=O) groups is 10. The quantitative estimate of drug-likeness (QED) is 0.0247. The average Bonchev–Trinajstić information content (AvgIpc) is 3.73. The molecule has 0 aliphatic heterocycles. The number of esters is 4. The molecule has 1 aliphatic rings. The normalized spacial score (nSPS) is 14.3. The van der Waals surface area contributed by atoms with Crippen molar-refractivity contribution < 1.29 is 84.8 Å². The van der Waals surface area contributed by atoms with Gasteiger partial charge in [0.05, 0.1) is 24.4 Å². The van der Waals surface area contributed by atoms with Gasteiger partial charge in [-0.15, -0.1) is 0 Å². The molecule has 0 unspecified atom stereocenters. The number of rotatable bonds is 31. The van der Waals surface area contributed by atoms with E-state index >= 15 is 4.79 Å². The molecule has 0 radical (unpaired) electrons. The Balaban J connectivity index is 1.79. The zero-order chi connectivity index (χ0) is 60.4. The van der Waals surface area contributed by atoms with Gasteiger partial charge in [-0.25, -0.2) is 4.79 Å². The van der Waals surface area contributed by atoms with E-state index in [-0.39, 0.29) is 63.8 Å². The second-order valence-electron chi connectivity index (χ2n) is 20.2. The van der Waals surface area contributed by atoms with E-state index in [1.807, 2.05) is 6.92 Å². The van der Waals surface area contributed by atoms with Gasteiger partial charge in [-0.2, -0.15) is 13.2 Å². The number of aryl methyl sites for hydroxylation is 1. The fourth-order valence-electron chi connectivity index (χ4n) is 9.49. The number of methoxy groups -OCH3 is 1. The lowest BCUT2D eigenvalue weighted by atomic mass is 9.88. The first-order chi connectivity index (χ1) is 38.1. The maximum absolute atomic E-state index is 15.1. The molecule has 0 bridgehead atoms. The van der Waals surface area contributed by atoms with Crippen molar-refractivity contribution in [3.8, 4) is 17.2 Å². The number of ketones is 1. The van der Waals surface area contributed by atoms with Gasteiger partial charge in [0.2, 0.25) is 29.5 Å². The van der Waals surface area contributed by atoms with E-state index in [9.17, 15) is 56.3 Å². The zero-order valence-electron chi connectivity index (χ0n) is 46.8. The van der Waals surface area contributed by atoms with Crippen molar-refractivity contribution in [3.63, 3.8) is 0 Å². The fraction of sp³-hybridized carbons (Fsp3) is 0.483. The van der Waals surface area contributed by atoms with E-state index in [0.29, 0.717) is 25.5 Å².